The van der Waals surface area contributed by atoms with E-state index in [1.54, 1.807) is 6.07 Å². The smallest absolute Gasteiger partial charge is 0.335 e. The number of rotatable bonds is 8. The lowest BCUT2D eigenvalue weighted by Crippen LogP contribution is -2.23. The monoisotopic (exact) mass is 316 g/mol. The molecule has 0 spiro atoms. The highest BCUT2D eigenvalue weighted by molar-refractivity contribution is 5.90. The fourth-order valence-electron chi connectivity index (χ4n) is 2.06. The van der Waals surface area contributed by atoms with Gasteiger partial charge in [0.25, 0.3) is 0 Å². The molecule has 2 rings (SSSR count). The van der Waals surface area contributed by atoms with Crippen molar-refractivity contribution in [2.45, 2.75) is 12.6 Å². The van der Waals surface area contributed by atoms with Crippen molar-refractivity contribution in [2.24, 2.45) is 0 Å². The molecular weight excluding hydrogens is 296 g/mol. The maximum absolute atomic E-state index is 11.1. The Hall–Kier alpha value is -2.57. The quantitative estimate of drug-likeness (QED) is 0.509. The van der Waals surface area contributed by atoms with E-state index in [0.29, 0.717) is 12.2 Å². The zero-order valence-electron chi connectivity index (χ0n) is 12.6. The van der Waals surface area contributed by atoms with E-state index in [-0.39, 0.29) is 18.7 Å². The lowest BCUT2D eigenvalue weighted by molar-refractivity contribution is 0.0697. The molecule has 0 heterocycles. The van der Waals surface area contributed by atoms with Gasteiger partial charge in [0, 0.05) is 13.1 Å². The van der Waals surface area contributed by atoms with Crippen molar-refractivity contribution in [1.82, 2.24) is 0 Å². The van der Waals surface area contributed by atoms with Crippen LogP contribution in [-0.2, 0) is 6.54 Å². The van der Waals surface area contributed by atoms with Gasteiger partial charge in [0.1, 0.15) is 0 Å². The molecule has 2 aromatic rings. The van der Waals surface area contributed by atoms with E-state index >= 15 is 0 Å². The molecule has 122 valence electrons. The van der Waals surface area contributed by atoms with Crippen LogP contribution in [0.25, 0.3) is 0 Å². The van der Waals surface area contributed by atoms with Crippen LogP contribution in [0.15, 0.2) is 48.5 Å². The Morgan fingerprint density at radius 1 is 1.04 bits per heavy atom. The van der Waals surface area contributed by atoms with Gasteiger partial charge in [0.2, 0.25) is 0 Å². The summed E-state index contributed by atoms with van der Waals surface area (Å²) < 4.78 is 0. The van der Waals surface area contributed by atoms with Gasteiger partial charge in [-0.3, -0.25) is 0 Å². The van der Waals surface area contributed by atoms with Crippen LogP contribution in [0.5, 0.6) is 0 Å². The molecule has 1 unspecified atom stereocenters. The number of aromatic carboxylic acids is 1. The first kappa shape index (κ1) is 16.8. The molecule has 0 aliphatic heterocycles. The van der Waals surface area contributed by atoms with Gasteiger partial charge in [-0.15, -0.1) is 0 Å². The van der Waals surface area contributed by atoms with Crippen LogP contribution in [0.3, 0.4) is 0 Å². The lowest BCUT2D eigenvalue weighted by atomic mass is 10.1. The van der Waals surface area contributed by atoms with E-state index in [2.05, 4.69) is 10.6 Å². The second-order valence-corrected chi connectivity index (χ2v) is 5.12. The number of carboxylic acids is 1. The summed E-state index contributed by atoms with van der Waals surface area (Å²) in [5.41, 5.74) is 2.53. The van der Waals surface area contributed by atoms with Crippen LogP contribution in [0.2, 0.25) is 0 Å². The van der Waals surface area contributed by atoms with E-state index in [4.69, 9.17) is 10.2 Å². The SMILES string of the molecule is O=C(O)c1ccc(NCc2ccccc2)c(NCC(O)CO)c1. The molecule has 6 nitrogen and oxygen atoms in total. The number of hydrogen-bond donors (Lipinski definition) is 5. The summed E-state index contributed by atoms with van der Waals surface area (Å²) in [6, 6.07) is 14.5. The van der Waals surface area contributed by atoms with Gasteiger partial charge in [-0.1, -0.05) is 30.3 Å². The van der Waals surface area contributed by atoms with Gasteiger partial charge in [-0.2, -0.15) is 0 Å². The van der Waals surface area contributed by atoms with Gasteiger partial charge >= 0.3 is 5.97 Å². The zero-order chi connectivity index (χ0) is 16.7. The largest absolute Gasteiger partial charge is 0.478 e. The Morgan fingerprint density at radius 3 is 2.43 bits per heavy atom. The molecule has 5 N–H and O–H groups in total. The first-order valence-corrected chi connectivity index (χ1v) is 7.28. The van der Waals surface area contributed by atoms with Crippen LogP contribution in [0.1, 0.15) is 15.9 Å². The van der Waals surface area contributed by atoms with Crippen LogP contribution in [0.4, 0.5) is 11.4 Å². The third-order valence-corrected chi connectivity index (χ3v) is 3.33. The molecular formula is C17H20N2O4. The Bertz CT molecular complexity index is 646. The maximum Gasteiger partial charge on any atom is 0.335 e. The van der Waals surface area contributed by atoms with Gasteiger partial charge in [0.15, 0.2) is 0 Å². The number of aliphatic hydroxyl groups excluding tert-OH is 2. The molecule has 0 aliphatic rings. The van der Waals surface area contributed by atoms with Gasteiger partial charge < -0.3 is 26.0 Å². The molecule has 0 fully saturated rings. The van der Waals surface area contributed by atoms with Crippen LogP contribution in [-0.4, -0.2) is 40.5 Å². The van der Waals surface area contributed by atoms with Crippen LogP contribution in [0, 0.1) is 0 Å². The number of carboxylic acid groups (broad SMARTS) is 1. The Balaban J connectivity index is 2.14. The fraction of sp³-hybridized carbons (Fsp3) is 0.235. The summed E-state index contributed by atoms with van der Waals surface area (Å²) in [5, 5.41) is 33.6. The molecule has 0 amide bonds. The highest BCUT2D eigenvalue weighted by Crippen LogP contribution is 2.24. The molecule has 0 saturated carbocycles. The van der Waals surface area contributed by atoms with Crippen LogP contribution < -0.4 is 10.6 Å². The summed E-state index contributed by atoms with van der Waals surface area (Å²) in [5.74, 6) is -1.02. The number of carbonyl (C=O) groups is 1. The summed E-state index contributed by atoms with van der Waals surface area (Å²) in [4.78, 5) is 11.1. The Kier molecular flexibility index (Phi) is 5.96. The molecule has 0 saturated heterocycles. The van der Waals surface area contributed by atoms with Gasteiger partial charge in [0.05, 0.1) is 29.6 Å². The van der Waals surface area contributed by atoms with E-state index < -0.39 is 12.1 Å². The van der Waals surface area contributed by atoms with E-state index in [0.717, 1.165) is 11.3 Å². The average molecular weight is 316 g/mol. The summed E-state index contributed by atoms with van der Waals surface area (Å²) >= 11 is 0. The fourth-order valence-corrected chi connectivity index (χ4v) is 2.06. The minimum absolute atomic E-state index is 0.125. The standard InChI is InChI=1S/C17H20N2O4/c20-11-14(21)10-19-16-8-13(17(22)23)6-7-15(16)18-9-12-4-2-1-3-5-12/h1-8,14,18-21H,9-11H2,(H,22,23). The minimum atomic E-state index is -1.02. The molecule has 0 bridgehead atoms. The Morgan fingerprint density at radius 2 is 1.78 bits per heavy atom. The molecule has 6 heteroatoms. The third-order valence-electron chi connectivity index (χ3n) is 3.33. The molecule has 0 aliphatic carbocycles. The van der Waals surface area contributed by atoms with Crippen molar-refractivity contribution in [3.8, 4) is 0 Å². The second kappa shape index (κ2) is 8.17. The number of anilines is 2. The number of nitrogens with one attached hydrogen (secondary N) is 2. The number of hydrogen-bond acceptors (Lipinski definition) is 5. The topological polar surface area (TPSA) is 102 Å². The predicted molar refractivity (Wildman–Crippen MR) is 88.8 cm³/mol. The summed E-state index contributed by atoms with van der Waals surface area (Å²) in [6.07, 6.45) is -0.912. The normalized spacial score (nSPS) is 11.7. The number of aliphatic hydroxyl groups is 2. The van der Waals surface area contributed by atoms with Crippen molar-refractivity contribution in [3.63, 3.8) is 0 Å². The predicted octanol–water partition coefficient (Wildman–Crippen LogP) is 1.76. The molecule has 23 heavy (non-hydrogen) atoms. The summed E-state index contributed by atoms with van der Waals surface area (Å²) in [6.45, 7) is 0.350. The van der Waals surface area contributed by atoms with E-state index in [9.17, 15) is 9.90 Å². The first-order chi connectivity index (χ1) is 11.1. The van der Waals surface area contributed by atoms with Crippen molar-refractivity contribution < 1.29 is 20.1 Å². The van der Waals surface area contributed by atoms with Gasteiger partial charge in [-0.25, -0.2) is 4.79 Å². The van der Waals surface area contributed by atoms with Crippen molar-refractivity contribution in [3.05, 3.63) is 59.7 Å². The average Bonchev–Trinajstić information content (AvgIpc) is 2.58. The summed E-state index contributed by atoms with van der Waals surface area (Å²) in [7, 11) is 0. The highest BCUT2D eigenvalue weighted by Gasteiger charge is 2.10. The second-order valence-electron chi connectivity index (χ2n) is 5.12. The molecule has 1 atom stereocenters. The molecule has 0 radical (unpaired) electrons. The van der Waals surface area contributed by atoms with Crippen molar-refractivity contribution in [2.75, 3.05) is 23.8 Å². The minimum Gasteiger partial charge on any atom is -0.478 e. The van der Waals surface area contributed by atoms with E-state index in [1.165, 1.54) is 12.1 Å². The Labute approximate surface area is 134 Å². The van der Waals surface area contributed by atoms with E-state index in [1.807, 2.05) is 30.3 Å². The number of benzene rings is 2. The van der Waals surface area contributed by atoms with Crippen molar-refractivity contribution in [1.29, 1.82) is 0 Å². The molecule has 0 aromatic heterocycles. The maximum atomic E-state index is 11.1. The third kappa shape index (κ3) is 4.98. The highest BCUT2D eigenvalue weighted by atomic mass is 16.4. The van der Waals surface area contributed by atoms with Crippen LogP contribution >= 0.6 is 0 Å². The van der Waals surface area contributed by atoms with Crippen molar-refractivity contribution >= 4 is 17.3 Å². The van der Waals surface area contributed by atoms with Gasteiger partial charge in [-0.05, 0) is 23.8 Å². The zero-order valence-corrected chi connectivity index (χ0v) is 12.6. The first-order valence-electron chi connectivity index (χ1n) is 7.28. The lowest BCUT2D eigenvalue weighted by Gasteiger charge is -2.16. The molecule has 2 aromatic carbocycles.